The van der Waals surface area contributed by atoms with E-state index in [4.69, 9.17) is 4.74 Å². The van der Waals surface area contributed by atoms with Gasteiger partial charge < -0.3 is 4.74 Å². The number of nitrogens with zero attached hydrogens (tertiary/aromatic N) is 3. The number of carbonyl (C=O) groups excluding carboxylic acids is 1. The molecule has 1 amide bonds. The van der Waals surface area contributed by atoms with Gasteiger partial charge in [0.15, 0.2) is 5.13 Å². The van der Waals surface area contributed by atoms with Crippen LogP contribution in [0.3, 0.4) is 0 Å². The highest BCUT2D eigenvalue weighted by atomic mass is 32.1. The summed E-state index contributed by atoms with van der Waals surface area (Å²) in [6, 6.07) is 4.68. The van der Waals surface area contributed by atoms with E-state index in [9.17, 15) is 9.18 Å². The average molecular weight is 306 g/mol. The number of aryl methyl sites for hydroxylation is 1. The van der Waals surface area contributed by atoms with Crippen molar-refractivity contribution in [2.75, 3.05) is 12.4 Å². The number of hydrogen-bond acceptors (Lipinski definition) is 5. The maximum atomic E-state index is 13.6. The number of halogens is 1. The second kappa shape index (κ2) is 5.13. The molecule has 8 heteroatoms. The molecule has 0 saturated heterocycles. The summed E-state index contributed by atoms with van der Waals surface area (Å²) in [7, 11) is 3.12. The number of amides is 1. The monoisotopic (exact) mass is 306 g/mol. The Kier molecular flexibility index (Phi) is 3.30. The van der Waals surface area contributed by atoms with Gasteiger partial charge in [-0.1, -0.05) is 17.4 Å². The Morgan fingerprint density at radius 3 is 3.00 bits per heavy atom. The number of ether oxygens (including phenoxy) is 1. The molecule has 0 unspecified atom stereocenters. The summed E-state index contributed by atoms with van der Waals surface area (Å²) in [5, 5.41) is 6.96. The molecule has 0 aliphatic heterocycles. The lowest BCUT2D eigenvalue weighted by Crippen LogP contribution is -2.12. The molecule has 0 aliphatic rings. The van der Waals surface area contributed by atoms with Crippen molar-refractivity contribution >= 4 is 32.6 Å². The highest BCUT2D eigenvalue weighted by Crippen LogP contribution is 2.28. The molecular weight excluding hydrogens is 295 g/mol. The van der Waals surface area contributed by atoms with Crippen LogP contribution in [0.4, 0.5) is 9.52 Å². The van der Waals surface area contributed by atoms with Crippen LogP contribution in [0.5, 0.6) is 5.88 Å². The van der Waals surface area contributed by atoms with Gasteiger partial charge in [0.25, 0.3) is 5.91 Å². The van der Waals surface area contributed by atoms with Gasteiger partial charge in [-0.15, -0.1) is 5.10 Å². The van der Waals surface area contributed by atoms with E-state index in [1.54, 1.807) is 25.4 Å². The molecule has 108 valence electrons. The van der Waals surface area contributed by atoms with Crippen molar-refractivity contribution in [3.63, 3.8) is 0 Å². The molecular formula is C13H11FN4O2S. The minimum absolute atomic E-state index is 0.224. The number of aromatic nitrogens is 3. The van der Waals surface area contributed by atoms with Gasteiger partial charge in [0.05, 0.1) is 11.8 Å². The molecule has 0 radical (unpaired) electrons. The van der Waals surface area contributed by atoms with E-state index in [-0.39, 0.29) is 11.4 Å². The van der Waals surface area contributed by atoms with E-state index in [1.165, 1.54) is 29.2 Å². The number of anilines is 1. The normalized spacial score (nSPS) is 10.8. The Morgan fingerprint density at radius 2 is 2.29 bits per heavy atom. The van der Waals surface area contributed by atoms with Crippen molar-refractivity contribution < 1.29 is 13.9 Å². The topological polar surface area (TPSA) is 69.0 Å². The molecule has 1 aromatic carbocycles. The quantitative estimate of drug-likeness (QED) is 0.807. The van der Waals surface area contributed by atoms with E-state index in [1.807, 2.05) is 0 Å². The molecule has 2 heterocycles. The van der Waals surface area contributed by atoms with E-state index in [2.05, 4.69) is 15.4 Å². The highest BCUT2D eigenvalue weighted by molar-refractivity contribution is 7.22. The number of benzene rings is 1. The van der Waals surface area contributed by atoms with Crippen LogP contribution in [0, 0.1) is 5.82 Å². The van der Waals surface area contributed by atoms with Crippen LogP contribution in [-0.4, -0.2) is 27.8 Å². The average Bonchev–Trinajstić information content (AvgIpc) is 3.02. The third-order valence-electron chi connectivity index (χ3n) is 2.82. The molecule has 0 spiro atoms. The van der Waals surface area contributed by atoms with Gasteiger partial charge in [0, 0.05) is 13.2 Å². The lowest BCUT2D eigenvalue weighted by molar-refractivity contribution is 0.102. The largest absolute Gasteiger partial charge is 0.479 e. The van der Waals surface area contributed by atoms with Gasteiger partial charge in [-0.2, -0.15) is 0 Å². The molecule has 3 aromatic rings. The number of nitrogens with one attached hydrogen (secondary N) is 1. The van der Waals surface area contributed by atoms with Gasteiger partial charge >= 0.3 is 0 Å². The zero-order chi connectivity index (χ0) is 15.0. The molecule has 0 aliphatic carbocycles. The molecule has 1 N–H and O–H groups in total. The zero-order valence-electron chi connectivity index (χ0n) is 11.3. The fourth-order valence-corrected chi connectivity index (χ4v) is 2.78. The van der Waals surface area contributed by atoms with Crippen molar-refractivity contribution in [2.45, 2.75) is 0 Å². The molecule has 2 aromatic heterocycles. The summed E-state index contributed by atoms with van der Waals surface area (Å²) in [6.07, 6.45) is 1.54. The number of hydrogen-bond donors (Lipinski definition) is 1. The van der Waals surface area contributed by atoms with Crippen molar-refractivity contribution in [2.24, 2.45) is 7.05 Å². The van der Waals surface area contributed by atoms with Crippen molar-refractivity contribution in [3.8, 4) is 5.88 Å². The summed E-state index contributed by atoms with van der Waals surface area (Å²) < 4.78 is 20.8. The Hall–Kier alpha value is -2.48. The number of fused-ring (bicyclic) bond motifs is 1. The SMILES string of the molecule is COc1nn(C)cc1C(=O)Nc1nc2c(F)cccc2s1. The number of thiazole rings is 1. The van der Waals surface area contributed by atoms with Crippen LogP contribution in [0.25, 0.3) is 10.2 Å². The van der Waals surface area contributed by atoms with Crippen molar-refractivity contribution in [1.29, 1.82) is 0 Å². The second-order valence-electron chi connectivity index (χ2n) is 4.29. The minimum Gasteiger partial charge on any atom is -0.479 e. The summed E-state index contributed by atoms with van der Waals surface area (Å²) in [5.74, 6) is -0.593. The first-order chi connectivity index (χ1) is 10.1. The molecule has 3 rings (SSSR count). The lowest BCUT2D eigenvalue weighted by Gasteiger charge is -2.00. The van der Waals surface area contributed by atoms with Gasteiger partial charge in [0.1, 0.15) is 16.9 Å². The van der Waals surface area contributed by atoms with Crippen molar-refractivity contribution in [1.82, 2.24) is 14.8 Å². The Morgan fingerprint density at radius 1 is 1.48 bits per heavy atom. The van der Waals surface area contributed by atoms with Crippen LogP contribution in [-0.2, 0) is 7.05 Å². The third-order valence-corrected chi connectivity index (χ3v) is 3.76. The van der Waals surface area contributed by atoms with Crippen LogP contribution >= 0.6 is 11.3 Å². The van der Waals surface area contributed by atoms with Gasteiger partial charge in [-0.3, -0.25) is 14.8 Å². The highest BCUT2D eigenvalue weighted by Gasteiger charge is 2.18. The predicted octanol–water partition coefficient (Wildman–Crippen LogP) is 2.43. The maximum absolute atomic E-state index is 13.6. The van der Waals surface area contributed by atoms with Crippen LogP contribution in [0.1, 0.15) is 10.4 Å². The summed E-state index contributed by atoms with van der Waals surface area (Å²) >= 11 is 1.20. The van der Waals surface area contributed by atoms with Crippen LogP contribution < -0.4 is 10.1 Å². The summed E-state index contributed by atoms with van der Waals surface area (Å²) in [5.41, 5.74) is 0.538. The van der Waals surface area contributed by atoms with E-state index in [0.717, 1.165) is 0 Å². The number of methoxy groups -OCH3 is 1. The predicted molar refractivity (Wildman–Crippen MR) is 77.3 cm³/mol. The summed E-state index contributed by atoms with van der Waals surface area (Å²) in [6.45, 7) is 0. The number of para-hydroxylation sites is 1. The number of carbonyl (C=O) groups is 1. The molecule has 0 saturated carbocycles. The van der Waals surface area contributed by atoms with Gasteiger partial charge in [-0.25, -0.2) is 9.37 Å². The van der Waals surface area contributed by atoms with Gasteiger partial charge in [-0.05, 0) is 12.1 Å². The molecule has 21 heavy (non-hydrogen) atoms. The van der Waals surface area contributed by atoms with E-state index < -0.39 is 11.7 Å². The smallest absolute Gasteiger partial charge is 0.264 e. The molecule has 6 nitrogen and oxygen atoms in total. The first kappa shape index (κ1) is 13.5. The minimum atomic E-state index is -0.414. The summed E-state index contributed by atoms with van der Waals surface area (Å²) in [4.78, 5) is 16.3. The third kappa shape index (κ3) is 2.45. The van der Waals surface area contributed by atoms with Crippen molar-refractivity contribution in [3.05, 3.63) is 35.8 Å². The Labute approximate surface area is 123 Å². The molecule has 0 atom stereocenters. The van der Waals surface area contributed by atoms with E-state index >= 15 is 0 Å². The van der Waals surface area contributed by atoms with Gasteiger partial charge in [0.2, 0.25) is 5.88 Å². The molecule has 0 bridgehead atoms. The second-order valence-corrected chi connectivity index (χ2v) is 5.32. The zero-order valence-corrected chi connectivity index (χ0v) is 12.1. The van der Waals surface area contributed by atoms with E-state index in [0.29, 0.717) is 15.4 Å². The Bertz CT molecular complexity index is 827. The first-order valence-electron chi connectivity index (χ1n) is 6.02. The van der Waals surface area contributed by atoms with Crippen LogP contribution in [0.2, 0.25) is 0 Å². The lowest BCUT2D eigenvalue weighted by atomic mass is 10.3. The standard InChI is InChI=1S/C13H11FN4O2S/c1-18-6-7(12(17-18)20-2)11(19)16-13-15-10-8(14)4-3-5-9(10)21-13/h3-6H,1-2H3,(H,15,16,19). The fourth-order valence-electron chi connectivity index (χ4n) is 1.91. The Balaban J connectivity index is 1.91. The van der Waals surface area contributed by atoms with Crippen LogP contribution in [0.15, 0.2) is 24.4 Å². The maximum Gasteiger partial charge on any atom is 0.264 e. The number of rotatable bonds is 3. The fraction of sp³-hybridized carbons (Fsp3) is 0.154. The first-order valence-corrected chi connectivity index (χ1v) is 6.84. The molecule has 0 fully saturated rings.